The third-order valence-electron chi connectivity index (χ3n) is 4.67. The third-order valence-corrected chi connectivity index (χ3v) is 6.37. The van der Waals surface area contributed by atoms with Crippen LogP contribution in [0.5, 0.6) is 0 Å². The van der Waals surface area contributed by atoms with Crippen LogP contribution in [0.3, 0.4) is 0 Å². The van der Waals surface area contributed by atoms with E-state index in [-0.39, 0.29) is 31.1 Å². The smallest absolute Gasteiger partial charge is 0.345 e. The first-order valence-corrected chi connectivity index (χ1v) is 11.1. The number of aryl methyl sites for hydroxylation is 1. The van der Waals surface area contributed by atoms with Crippen molar-refractivity contribution in [3.63, 3.8) is 0 Å². The van der Waals surface area contributed by atoms with Crippen molar-refractivity contribution in [2.75, 3.05) is 13.1 Å². The van der Waals surface area contributed by atoms with E-state index in [1.54, 1.807) is 5.32 Å². The molecule has 3 rings (SSSR count). The number of hydroxylamine groups is 1. The molecular weight excluding hydrogens is 547 g/mol. The van der Waals surface area contributed by atoms with Gasteiger partial charge < -0.3 is 10.6 Å². The Morgan fingerprint density at radius 2 is 1.69 bits per heavy atom. The Morgan fingerprint density at radius 3 is 2.26 bits per heavy atom. The van der Waals surface area contributed by atoms with Gasteiger partial charge in [0.2, 0.25) is 11.5 Å². The van der Waals surface area contributed by atoms with Gasteiger partial charge in [-0.2, -0.15) is 26.3 Å². The SMILES string of the molecule is Cc1cc(C2=CC(c3cc(Cl)cc(Cl)c3)(C(F)(F)F)ON2)sc1C(=O)NCC(=O)NCC(F)(F)F. The second-order valence-electron chi connectivity index (χ2n) is 7.35. The van der Waals surface area contributed by atoms with Crippen molar-refractivity contribution in [3.8, 4) is 0 Å². The molecule has 2 aromatic rings. The van der Waals surface area contributed by atoms with E-state index in [1.165, 1.54) is 19.1 Å². The molecule has 1 aliphatic rings. The molecule has 15 heteroatoms. The molecule has 0 spiro atoms. The second kappa shape index (κ2) is 9.88. The fourth-order valence-corrected chi connectivity index (χ4v) is 4.65. The van der Waals surface area contributed by atoms with Crippen molar-refractivity contribution in [2.24, 2.45) is 0 Å². The maximum atomic E-state index is 14.1. The van der Waals surface area contributed by atoms with Gasteiger partial charge in [-0.3, -0.25) is 19.9 Å². The molecule has 1 aromatic heterocycles. The molecule has 0 fully saturated rings. The van der Waals surface area contributed by atoms with E-state index in [0.717, 1.165) is 29.5 Å². The van der Waals surface area contributed by atoms with Crippen molar-refractivity contribution in [1.82, 2.24) is 16.1 Å². The van der Waals surface area contributed by atoms with Crippen molar-refractivity contribution in [2.45, 2.75) is 24.9 Å². The van der Waals surface area contributed by atoms with Gasteiger partial charge in [0.25, 0.3) is 5.91 Å². The molecule has 6 nitrogen and oxygen atoms in total. The van der Waals surface area contributed by atoms with Crippen LogP contribution >= 0.6 is 34.5 Å². The summed E-state index contributed by atoms with van der Waals surface area (Å²) in [6.45, 7) is -0.774. The van der Waals surface area contributed by atoms with Gasteiger partial charge in [-0.1, -0.05) is 23.2 Å². The Morgan fingerprint density at radius 1 is 1.06 bits per heavy atom. The standard InChI is InChI=1S/C20H15Cl2F6N3O3S/c1-9-2-14(35-16(9)17(33)29-7-15(32)30-8-19(23,24)25)13-6-18(34-31-13,20(26,27)28)10-3-11(21)5-12(22)4-10/h2-6,31H,7-8H2,1H3,(H,29,33)(H,30,32). The first-order chi connectivity index (χ1) is 16.1. The molecular formula is C20H15Cl2F6N3O3S. The monoisotopic (exact) mass is 561 g/mol. The highest BCUT2D eigenvalue weighted by molar-refractivity contribution is 7.15. The Hall–Kier alpha value is -2.48. The van der Waals surface area contributed by atoms with Gasteiger partial charge in [0.05, 0.1) is 22.0 Å². The van der Waals surface area contributed by atoms with Crippen molar-refractivity contribution < 1.29 is 40.8 Å². The first-order valence-electron chi connectivity index (χ1n) is 9.54. The Bertz CT molecular complexity index is 1160. The summed E-state index contributed by atoms with van der Waals surface area (Å²) in [6, 6.07) is 4.80. The molecule has 1 aromatic carbocycles. The highest BCUT2D eigenvalue weighted by Gasteiger charge is 2.59. The zero-order chi connectivity index (χ0) is 26.2. The topological polar surface area (TPSA) is 79.5 Å². The maximum absolute atomic E-state index is 14.1. The molecule has 1 unspecified atom stereocenters. The number of nitrogens with one attached hydrogen (secondary N) is 3. The van der Waals surface area contributed by atoms with Crippen molar-refractivity contribution >= 4 is 52.1 Å². The molecule has 0 saturated carbocycles. The van der Waals surface area contributed by atoms with Gasteiger partial charge in [0.1, 0.15) is 6.54 Å². The summed E-state index contributed by atoms with van der Waals surface area (Å²) in [4.78, 5) is 29.1. The number of carbonyl (C=O) groups is 2. The highest BCUT2D eigenvalue weighted by Crippen LogP contribution is 2.48. The average Bonchev–Trinajstić information content (AvgIpc) is 3.34. The summed E-state index contributed by atoms with van der Waals surface area (Å²) in [5.41, 5.74) is -0.797. The lowest BCUT2D eigenvalue weighted by Crippen LogP contribution is -2.42. The highest BCUT2D eigenvalue weighted by atomic mass is 35.5. The fourth-order valence-electron chi connectivity index (χ4n) is 3.08. The maximum Gasteiger partial charge on any atom is 0.428 e. The molecule has 2 amide bonds. The Kier molecular flexibility index (Phi) is 7.65. The summed E-state index contributed by atoms with van der Waals surface area (Å²) in [5.74, 6) is -1.85. The minimum Gasteiger partial charge on any atom is -0.345 e. The Balaban J connectivity index is 1.82. The van der Waals surface area contributed by atoms with E-state index < -0.39 is 42.9 Å². The number of rotatable bonds is 6. The molecule has 0 bridgehead atoms. The number of hydrogen-bond acceptors (Lipinski definition) is 5. The van der Waals surface area contributed by atoms with E-state index in [4.69, 9.17) is 28.0 Å². The summed E-state index contributed by atoms with van der Waals surface area (Å²) in [6.07, 6.45) is -8.75. The molecule has 0 saturated heterocycles. The van der Waals surface area contributed by atoms with Crippen molar-refractivity contribution in [1.29, 1.82) is 0 Å². The van der Waals surface area contributed by atoms with Crippen LogP contribution in [0.1, 0.15) is 25.7 Å². The number of thiophene rings is 1. The van der Waals surface area contributed by atoms with Gasteiger partial charge in [-0.25, -0.2) is 0 Å². The number of benzene rings is 1. The lowest BCUT2D eigenvalue weighted by atomic mass is 9.92. The van der Waals surface area contributed by atoms with Gasteiger partial charge in [0.15, 0.2) is 0 Å². The normalized spacial score (nSPS) is 18.1. The molecule has 3 N–H and O–H groups in total. The summed E-state index contributed by atoms with van der Waals surface area (Å²) in [5, 5.41) is 3.70. The predicted octanol–water partition coefficient (Wildman–Crippen LogP) is 5.11. The largest absolute Gasteiger partial charge is 0.428 e. The zero-order valence-electron chi connectivity index (χ0n) is 17.5. The third kappa shape index (κ3) is 6.21. The number of hydrogen-bond donors (Lipinski definition) is 3. The zero-order valence-corrected chi connectivity index (χ0v) is 19.8. The van der Waals surface area contributed by atoms with Crippen LogP contribution in [0.25, 0.3) is 5.70 Å². The van der Waals surface area contributed by atoms with E-state index in [1.807, 2.05) is 0 Å². The molecule has 190 valence electrons. The number of alkyl halides is 6. The van der Waals surface area contributed by atoms with Gasteiger partial charge in [0, 0.05) is 15.6 Å². The molecule has 1 aliphatic heterocycles. The predicted molar refractivity (Wildman–Crippen MR) is 117 cm³/mol. The first kappa shape index (κ1) is 27.1. The van der Waals surface area contributed by atoms with Gasteiger partial charge in [-0.15, -0.1) is 11.3 Å². The van der Waals surface area contributed by atoms with Crippen LogP contribution in [0.15, 0.2) is 30.3 Å². The lowest BCUT2D eigenvalue weighted by molar-refractivity contribution is -0.269. The molecule has 35 heavy (non-hydrogen) atoms. The van der Waals surface area contributed by atoms with Crippen LogP contribution in [0.4, 0.5) is 26.3 Å². The molecule has 1 atom stereocenters. The van der Waals surface area contributed by atoms with E-state index in [2.05, 4.69) is 10.8 Å². The van der Waals surface area contributed by atoms with Crippen LogP contribution in [0.2, 0.25) is 10.0 Å². The summed E-state index contributed by atoms with van der Waals surface area (Å²) >= 11 is 12.5. The molecule has 0 radical (unpaired) electrons. The average molecular weight is 562 g/mol. The molecule has 0 aliphatic carbocycles. The number of amides is 2. The second-order valence-corrected chi connectivity index (χ2v) is 9.28. The summed E-state index contributed by atoms with van der Waals surface area (Å²) < 4.78 is 78.8. The number of carbonyl (C=O) groups excluding carboxylic acids is 2. The van der Waals surface area contributed by atoms with E-state index >= 15 is 0 Å². The molecule has 2 heterocycles. The minimum absolute atomic E-state index is 0.0354. The van der Waals surface area contributed by atoms with Gasteiger partial charge in [-0.05, 0) is 42.8 Å². The summed E-state index contributed by atoms with van der Waals surface area (Å²) in [7, 11) is 0. The fraction of sp³-hybridized carbons (Fsp3) is 0.300. The van der Waals surface area contributed by atoms with Crippen LogP contribution in [-0.4, -0.2) is 37.3 Å². The minimum atomic E-state index is -4.92. The van der Waals surface area contributed by atoms with E-state index in [0.29, 0.717) is 5.56 Å². The quantitative estimate of drug-likeness (QED) is 0.428. The Labute approximate surface area is 208 Å². The lowest BCUT2D eigenvalue weighted by Gasteiger charge is -2.28. The van der Waals surface area contributed by atoms with Crippen LogP contribution in [0, 0.1) is 6.92 Å². The van der Waals surface area contributed by atoms with Crippen LogP contribution in [-0.2, 0) is 15.2 Å². The van der Waals surface area contributed by atoms with Crippen molar-refractivity contribution in [3.05, 3.63) is 61.3 Å². The number of halogens is 8. The van der Waals surface area contributed by atoms with Gasteiger partial charge >= 0.3 is 12.4 Å². The van der Waals surface area contributed by atoms with E-state index in [9.17, 15) is 35.9 Å². The van der Waals surface area contributed by atoms with Crippen LogP contribution < -0.4 is 16.1 Å².